The quantitative estimate of drug-likeness (QED) is 0.757. The van der Waals surface area contributed by atoms with Gasteiger partial charge in [0, 0.05) is 6.26 Å². The maximum atomic E-state index is 11.3. The molecule has 14 heavy (non-hydrogen) atoms. The molecule has 0 aromatic heterocycles. The van der Waals surface area contributed by atoms with E-state index in [2.05, 4.69) is 4.84 Å². The highest BCUT2D eigenvalue weighted by Gasteiger charge is 2.10. The molecule has 0 saturated carbocycles. The standard InChI is InChI=1S/C9H13NO3S/c1-7-5-8(6-13-10)3-4-9(7)14(2,11)12/h3-5H,6,10H2,1-2H3. The zero-order valence-corrected chi connectivity index (χ0v) is 8.97. The van der Waals surface area contributed by atoms with Crippen LogP contribution in [-0.2, 0) is 21.3 Å². The van der Waals surface area contributed by atoms with Crippen LogP contribution in [0.3, 0.4) is 0 Å². The third kappa shape index (κ3) is 2.54. The Hall–Kier alpha value is -0.910. The summed E-state index contributed by atoms with van der Waals surface area (Å²) in [6.45, 7) is 2.03. The van der Waals surface area contributed by atoms with Gasteiger partial charge in [-0.1, -0.05) is 12.1 Å². The molecule has 0 aliphatic rings. The molecule has 0 aliphatic carbocycles. The monoisotopic (exact) mass is 215 g/mol. The molecule has 1 aromatic carbocycles. The summed E-state index contributed by atoms with van der Waals surface area (Å²) in [5.41, 5.74) is 1.57. The van der Waals surface area contributed by atoms with Crippen molar-refractivity contribution in [3.05, 3.63) is 29.3 Å². The lowest BCUT2D eigenvalue weighted by Crippen LogP contribution is -2.03. The van der Waals surface area contributed by atoms with E-state index in [0.29, 0.717) is 10.5 Å². The summed E-state index contributed by atoms with van der Waals surface area (Å²) >= 11 is 0. The highest BCUT2D eigenvalue weighted by atomic mass is 32.2. The number of aryl methyl sites for hydroxylation is 1. The lowest BCUT2D eigenvalue weighted by Gasteiger charge is -2.05. The van der Waals surface area contributed by atoms with Gasteiger partial charge in [0.25, 0.3) is 0 Å². The first-order chi connectivity index (χ1) is 6.45. The predicted octanol–water partition coefficient (Wildman–Crippen LogP) is 0.789. The molecule has 0 bridgehead atoms. The Kier molecular flexibility index (Phi) is 3.25. The number of sulfone groups is 1. The van der Waals surface area contributed by atoms with E-state index in [-0.39, 0.29) is 6.61 Å². The summed E-state index contributed by atoms with van der Waals surface area (Å²) < 4.78 is 22.5. The molecule has 4 nitrogen and oxygen atoms in total. The fourth-order valence-corrected chi connectivity index (χ4v) is 2.27. The number of hydrogen-bond acceptors (Lipinski definition) is 4. The zero-order chi connectivity index (χ0) is 10.8. The van der Waals surface area contributed by atoms with Crippen molar-refractivity contribution < 1.29 is 13.3 Å². The van der Waals surface area contributed by atoms with Gasteiger partial charge in [-0.2, -0.15) is 0 Å². The molecule has 0 unspecified atom stereocenters. The first-order valence-corrected chi connectivity index (χ1v) is 5.95. The van der Waals surface area contributed by atoms with Gasteiger partial charge >= 0.3 is 0 Å². The third-order valence-corrected chi connectivity index (χ3v) is 3.15. The van der Waals surface area contributed by atoms with Crippen LogP contribution in [0.1, 0.15) is 11.1 Å². The second kappa shape index (κ2) is 4.08. The van der Waals surface area contributed by atoms with E-state index in [9.17, 15) is 8.42 Å². The molecule has 0 saturated heterocycles. The van der Waals surface area contributed by atoms with Gasteiger partial charge in [0.15, 0.2) is 9.84 Å². The second-order valence-corrected chi connectivity index (χ2v) is 5.17. The van der Waals surface area contributed by atoms with Crippen LogP contribution in [0.25, 0.3) is 0 Å². The predicted molar refractivity (Wildman–Crippen MR) is 53.3 cm³/mol. The summed E-state index contributed by atoms with van der Waals surface area (Å²) in [5.74, 6) is 4.92. The Morgan fingerprint density at radius 2 is 2.07 bits per heavy atom. The van der Waals surface area contributed by atoms with Gasteiger partial charge in [0.1, 0.15) is 0 Å². The van der Waals surface area contributed by atoms with Crippen molar-refractivity contribution in [2.45, 2.75) is 18.4 Å². The minimum atomic E-state index is -3.14. The van der Waals surface area contributed by atoms with Crippen LogP contribution >= 0.6 is 0 Å². The number of hydrogen-bond donors (Lipinski definition) is 1. The average Bonchev–Trinajstić information content (AvgIpc) is 2.02. The second-order valence-electron chi connectivity index (χ2n) is 3.18. The van der Waals surface area contributed by atoms with E-state index in [4.69, 9.17) is 5.90 Å². The largest absolute Gasteiger partial charge is 0.300 e. The molecular weight excluding hydrogens is 202 g/mol. The molecule has 0 atom stereocenters. The van der Waals surface area contributed by atoms with Crippen LogP contribution in [0.2, 0.25) is 0 Å². The molecule has 5 heteroatoms. The number of rotatable bonds is 3. The maximum Gasteiger partial charge on any atom is 0.175 e. The molecule has 78 valence electrons. The van der Waals surface area contributed by atoms with Crippen molar-refractivity contribution in [3.63, 3.8) is 0 Å². The molecule has 1 aromatic rings. The smallest absolute Gasteiger partial charge is 0.175 e. The molecule has 0 spiro atoms. The molecular formula is C9H13NO3S. The Bertz CT molecular complexity index is 426. The van der Waals surface area contributed by atoms with Crippen LogP contribution in [0.15, 0.2) is 23.1 Å². The van der Waals surface area contributed by atoms with E-state index in [1.54, 1.807) is 25.1 Å². The van der Waals surface area contributed by atoms with Crippen molar-refractivity contribution in [2.75, 3.05) is 6.26 Å². The molecule has 0 radical (unpaired) electrons. The van der Waals surface area contributed by atoms with Crippen molar-refractivity contribution in [3.8, 4) is 0 Å². The molecule has 1 rings (SSSR count). The maximum absolute atomic E-state index is 11.3. The normalized spacial score (nSPS) is 11.6. The minimum Gasteiger partial charge on any atom is -0.300 e. The molecule has 0 aliphatic heterocycles. The highest BCUT2D eigenvalue weighted by molar-refractivity contribution is 7.90. The zero-order valence-electron chi connectivity index (χ0n) is 8.15. The summed E-state index contributed by atoms with van der Waals surface area (Å²) in [4.78, 5) is 4.80. The Balaban J connectivity index is 3.15. The van der Waals surface area contributed by atoms with Crippen molar-refractivity contribution in [1.29, 1.82) is 0 Å². The van der Waals surface area contributed by atoms with E-state index in [1.807, 2.05) is 0 Å². The van der Waals surface area contributed by atoms with Crippen LogP contribution in [0.5, 0.6) is 0 Å². The third-order valence-electron chi connectivity index (χ3n) is 1.89. The molecule has 0 heterocycles. The van der Waals surface area contributed by atoms with Crippen molar-refractivity contribution in [1.82, 2.24) is 0 Å². The molecule has 0 amide bonds. The van der Waals surface area contributed by atoms with E-state index in [1.165, 1.54) is 6.26 Å². The van der Waals surface area contributed by atoms with E-state index in [0.717, 1.165) is 5.56 Å². The molecule has 2 N–H and O–H groups in total. The molecule has 0 fully saturated rings. The van der Waals surface area contributed by atoms with Crippen LogP contribution in [0.4, 0.5) is 0 Å². The first kappa shape index (κ1) is 11.2. The van der Waals surface area contributed by atoms with Gasteiger partial charge < -0.3 is 0 Å². The van der Waals surface area contributed by atoms with Gasteiger partial charge in [0.05, 0.1) is 11.5 Å². The van der Waals surface area contributed by atoms with Gasteiger partial charge in [-0.3, -0.25) is 4.84 Å². The SMILES string of the molecule is Cc1cc(CON)ccc1S(C)(=O)=O. The fourth-order valence-electron chi connectivity index (χ4n) is 1.31. The van der Waals surface area contributed by atoms with Crippen molar-refractivity contribution >= 4 is 9.84 Å². The van der Waals surface area contributed by atoms with Gasteiger partial charge in [0.2, 0.25) is 0 Å². The Morgan fingerprint density at radius 3 is 2.50 bits per heavy atom. The fraction of sp³-hybridized carbons (Fsp3) is 0.333. The summed E-state index contributed by atoms with van der Waals surface area (Å²) in [7, 11) is -3.14. The first-order valence-electron chi connectivity index (χ1n) is 4.06. The average molecular weight is 215 g/mol. The highest BCUT2D eigenvalue weighted by Crippen LogP contribution is 2.16. The van der Waals surface area contributed by atoms with Gasteiger partial charge in [-0.15, -0.1) is 0 Å². The Morgan fingerprint density at radius 1 is 1.43 bits per heavy atom. The lowest BCUT2D eigenvalue weighted by molar-refractivity contribution is 0.124. The van der Waals surface area contributed by atoms with Crippen LogP contribution < -0.4 is 5.90 Å². The van der Waals surface area contributed by atoms with E-state index >= 15 is 0 Å². The summed E-state index contributed by atoms with van der Waals surface area (Å²) in [5, 5.41) is 0. The number of benzene rings is 1. The summed E-state index contributed by atoms with van der Waals surface area (Å²) in [6.07, 6.45) is 1.19. The van der Waals surface area contributed by atoms with Gasteiger partial charge in [-0.05, 0) is 24.1 Å². The van der Waals surface area contributed by atoms with Gasteiger partial charge in [-0.25, -0.2) is 14.3 Å². The Labute approximate surface area is 83.6 Å². The van der Waals surface area contributed by atoms with Crippen LogP contribution in [0, 0.1) is 6.92 Å². The summed E-state index contributed by atoms with van der Waals surface area (Å²) in [6, 6.07) is 5.01. The van der Waals surface area contributed by atoms with Crippen molar-refractivity contribution in [2.24, 2.45) is 5.90 Å². The minimum absolute atomic E-state index is 0.283. The topological polar surface area (TPSA) is 69.4 Å². The van der Waals surface area contributed by atoms with E-state index < -0.39 is 9.84 Å². The lowest BCUT2D eigenvalue weighted by atomic mass is 10.1. The number of nitrogens with two attached hydrogens (primary N) is 1. The van der Waals surface area contributed by atoms with Crippen LogP contribution in [-0.4, -0.2) is 14.7 Å².